The molecule has 0 saturated heterocycles. The Labute approximate surface area is 176 Å². The summed E-state index contributed by atoms with van der Waals surface area (Å²) < 4.78 is 5.16. The highest BCUT2D eigenvalue weighted by Crippen LogP contribution is 2.30. The number of aromatic nitrogens is 1. The molecule has 29 heavy (non-hydrogen) atoms. The van der Waals surface area contributed by atoms with Crippen molar-refractivity contribution in [2.75, 3.05) is 7.11 Å². The van der Waals surface area contributed by atoms with Gasteiger partial charge in [-0.15, -0.1) is 0 Å². The number of methoxy groups -OCH3 is 1. The number of nitrogens with one attached hydrogen (secondary N) is 1. The van der Waals surface area contributed by atoms with Gasteiger partial charge in [0.2, 0.25) is 5.91 Å². The number of pyridine rings is 1. The van der Waals surface area contributed by atoms with Crippen LogP contribution in [0.15, 0.2) is 35.4 Å². The number of aryl methyl sites for hydroxylation is 2. The van der Waals surface area contributed by atoms with Gasteiger partial charge in [-0.1, -0.05) is 37.2 Å². The van der Waals surface area contributed by atoms with Gasteiger partial charge in [0.15, 0.2) is 0 Å². The van der Waals surface area contributed by atoms with Gasteiger partial charge < -0.3 is 10.1 Å². The summed E-state index contributed by atoms with van der Waals surface area (Å²) in [4.78, 5) is 17.5. The maximum Gasteiger partial charge on any atom is 0.233 e. The van der Waals surface area contributed by atoms with E-state index in [-0.39, 0.29) is 11.2 Å². The summed E-state index contributed by atoms with van der Waals surface area (Å²) in [5.74, 6) is 0.759. The van der Waals surface area contributed by atoms with Gasteiger partial charge in [0.25, 0.3) is 0 Å². The molecule has 1 aromatic heterocycles. The van der Waals surface area contributed by atoms with Crippen molar-refractivity contribution >= 4 is 17.7 Å². The molecule has 1 aromatic carbocycles. The van der Waals surface area contributed by atoms with Crippen LogP contribution in [0.1, 0.15) is 55.0 Å². The molecule has 152 valence electrons. The number of carbonyl (C=O) groups excluding carboxylic acids is 1. The lowest BCUT2D eigenvalue weighted by atomic mass is 10.1. The van der Waals surface area contributed by atoms with Crippen molar-refractivity contribution in [3.05, 3.63) is 52.7 Å². The zero-order valence-corrected chi connectivity index (χ0v) is 17.8. The number of rotatable bonds is 7. The van der Waals surface area contributed by atoms with Crippen molar-refractivity contribution in [3.8, 4) is 11.8 Å². The maximum absolute atomic E-state index is 12.8. The second-order valence-electron chi connectivity index (χ2n) is 7.20. The quantitative estimate of drug-likeness (QED) is 0.541. The van der Waals surface area contributed by atoms with Crippen molar-refractivity contribution in [2.24, 2.45) is 0 Å². The molecule has 5 nitrogen and oxygen atoms in total. The third-order valence-corrected chi connectivity index (χ3v) is 6.55. The van der Waals surface area contributed by atoms with Crippen LogP contribution in [-0.4, -0.2) is 23.3 Å². The highest BCUT2D eigenvalue weighted by atomic mass is 32.2. The minimum Gasteiger partial charge on any atom is -0.497 e. The first-order valence-corrected chi connectivity index (χ1v) is 11.0. The third-order valence-electron chi connectivity index (χ3n) is 5.18. The van der Waals surface area contributed by atoms with Crippen LogP contribution in [0.25, 0.3) is 0 Å². The Kier molecular flexibility index (Phi) is 7.54. The summed E-state index contributed by atoms with van der Waals surface area (Å²) in [6.45, 7) is 2.45. The average Bonchev–Trinajstić information content (AvgIpc) is 3.00. The number of carbonyl (C=O) groups is 1. The Balaban J connectivity index is 1.69. The fourth-order valence-electron chi connectivity index (χ4n) is 3.46. The van der Waals surface area contributed by atoms with E-state index in [2.05, 4.69) is 11.4 Å². The first-order valence-electron chi connectivity index (χ1n) is 10.1. The van der Waals surface area contributed by atoms with E-state index in [9.17, 15) is 10.1 Å². The summed E-state index contributed by atoms with van der Waals surface area (Å²) in [5.41, 5.74) is 3.88. The highest BCUT2D eigenvalue weighted by Gasteiger charge is 2.22. The van der Waals surface area contributed by atoms with Gasteiger partial charge in [-0.25, -0.2) is 4.98 Å². The predicted molar refractivity (Wildman–Crippen MR) is 115 cm³/mol. The minimum atomic E-state index is -0.281. The van der Waals surface area contributed by atoms with E-state index >= 15 is 0 Å². The van der Waals surface area contributed by atoms with Crippen LogP contribution in [0.2, 0.25) is 0 Å². The lowest BCUT2D eigenvalue weighted by Crippen LogP contribution is -2.32. The van der Waals surface area contributed by atoms with E-state index < -0.39 is 0 Å². The molecule has 1 atom stereocenters. The molecule has 0 fully saturated rings. The van der Waals surface area contributed by atoms with Crippen LogP contribution in [0.4, 0.5) is 0 Å². The van der Waals surface area contributed by atoms with Gasteiger partial charge >= 0.3 is 0 Å². The van der Waals surface area contributed by atoms with Gasteiger partial charge in [0.05, 0.1) is 17.9 Å². The molecular formula is C23H27N3O2S. The average molecular weight is 410 g/mol. The molecule has 1 N–H and O–H groups in total. The van der Waals surface area contributed by atoms with Crippen LogP contribution in [0, 0.1) is 11.3 Å². The fourth-order valence-corrected chi connectivity index (χ4v) is 4.49. The summed E-state index contributed by atoms with van der Waals surface area (Å²) in [6, 6.07) is 11.9. The van der Waals surface area contributed by atoms with Crippen LogP contribution in [0.3, 0.4) is 0 Å². The largest absolute Gasteiger partial charge is 0.497 e. The molecule has 0 saturated carbocycles. The molecule has 2 aromatic rings. The van der Waals surface area contributed by atoms with Crippen LogP contribution < -0.4 is 10.1 Å². The van der Waals surface area contributed by atoms with Crippen LogP contribution >= 0.6 is 11.8 Å². The van der Waals surface area contributed by atoms with E-state index in [1.54, 1.807) is 7.11 Å². The first kappa shape index (κ1) is 21.2. The number of hydrogen-bond donors (Lipinski definition) is 1. The molecule has 1 amide bonds. The first-order chi connectivity index (χ1) is 14.1. The molecule has 6 heteroatoms. The molecule has 0 bridgehead atoms. The van der Waals surface area contributed by atoms with Crippen molar-refractivity contribution in [2.45, 2.75) is 62.3 Å². The smallest absolute Gasteiger partial charge is 0.233 e. The third kappa shape index (κ3) is 5.51. The Morgan fingerprint density at radius 2 is 2.03 bits per heavy atom. The number of thioether (sulfide) groups is 1. The summed E-state index contributed by atoms with van der Waals surface area (Å²) in [6.07, 6.45) is 6.10. The fraction of sp³-hybridized carbons (Fsp3) is 0.435. The number of ether oxygens (including phenoxy) is 1. The summed E-state index contributed by atoms with van der Waals surface area (Å²) in [5, 5.41) is 13.0. The van der Waals surface area contributed by atoms with Gasteiger partial charge in [-0.05, 0) is 61.4 Å². The summed E-state index contributed by atoms with van der Waals surface area (Å²) in [7, 11) is 1.63. The van der Waals surface area contributed by atoms with Crippen molar-refractivity contribution in [3.63, 3.8) is 0 Å². The molecule has 1 aliphatic carbocycles. The monoisotopic (exact) mass is 409 g/mol. The number of hydrogen-bond acceptors (Lipinski definition) is 5. The number of nitriles is 1. The molecule has 0 aliphatic heterocycles. The summed E-state index contributed by atoms with van der Waals surface area (Å²) >= 11 is 1.40. The Morgan fingerprint density at radius 3 is 2.72 bits per heavy atom. The zero-order chi connectivity index (χ0) is 20.6. The standard InChI is InChI=1S/C23H27N3O2S/c1-3-21(22(27)25-15-16-9-11-19(28-2)12-10-16)29-23-18(14-24)13-17-7-5-4-6-8-20(17)26-23/h9-13,21H,3-8,15H2,1-2H3,(H,25,27). The number of amides is 1. The van der Waals surface area contributed by atoms with E-state index in [1.807, 2.05) is 37.3 Å². The minimum absolute atomic E-state index is 0.0334. The Bertz CT molecular complexity index is 890. The van der Waals surface area contributed by atoms with Crippen molar-refractivity contribution in [1.29, 1.82) is 5.26 Å². The molecule has 0 radical (unpaired) electrons. The van der Waals surface area contributed by atoms with E-state index in [0.717, 1.165) is 42.7 Å². The molecule has 0 spiro atoms. The topological polar surface area (TPSA) is 75.0 Å². The van der Waals surface area contributed by atoms with Gasteiger partial charge in [0.1, 0.15) is 16.8 Å². The lowest BCUT2D eigenvalue weighted by Gasteiger charge is -2.16. The van der Waals surface area contributed by atoms with E-state index in [4.69, 9.17) is 9.72 Å². The normalized spacial score (nSPS) is 14.2. The predicted octanol–water partition coefficient (Wildman–Crippen LogP) is 4.42. The zero-order valence-electron chi connectivity index (χ0n) is 17.0. The number of nitrogens with zero attached hydrogens (tertiary/aromatic N) is 2. The molecule has 1 aliphatic rings. The number of benzene rings is 1. The second kappa shape index (κ2) is 10.3. The van der Waals surface area contributed by atoms with Crippen molar-refractivity contribution in [1.82, 2.24) is 10.3 Å². The Morgan fingerprint density at radius 1 is 1.28 bits per heavy atom. The van der Waals surface area contributed by atoms with Crippen LogP contribution in [0.5, 0.6) is 5.75 Å². The van der Waals surface area contributed by atoms with Crippen molar-refractivity contribution < 1.29 is 9.53 Å². The van der Waals surface area contributed by atoms with E-state index in [0.29, 0.717) is 23.6 Å². The number of fused-ring (bicyclic) bond motifs is 1. The SMILES string of the molecule is CCC(Sc1nc2c(cc1C#N)CCCCC2)C(=O)NCc1ccc(OC)cc1. The molecule has 1 unspecified atom stereocenters. The maximum atomic E-state index is 12.8. The van der Waals surface area contributed by atoms with Crippen LogP contribution in [-0.2, 0) is 24.2 Å². The molecule has 3 rings (SSSR count). The highest BCUT2D eigenvalue weighted by molar-refractivity contribution is 8.00. The van der Waals surface area contributed by atoms with Gasteiger partial charge in [-0.2, -0.15) is 5.26 Å². The Hall–Kier alpha value is -2.52. The second-order valence-corrected chi connectivity index (χ2v) is 8.39. The van der Waals surface area contributed by atoms with Gasteiger partial charge in [0, 0.05) is 12.2 Å². The lowest BCUT2D eigenvalue weighted by molar-refractivity contribution is -0.120. The molecule has 1 heterocycles. The molecular weight excluding hydrogens is 382 g/mol. The van der Waals surface area contributed by atoms with Gasteiger partial charge in [-0.3, -0.25) is 4.79 Å². The van der Waals surface area contributed by atoms with E-state index in [1.165, 1.54) is 23.7 Å².